The van der Waals surface area contributed by atoms with E-state index in [2.05, 4.69) is 10.3 Å². The van der Waals surface area contributed by atoms with Crippen LogP contribution < -0.4 is 5.32 Å². The monoisotopic (exact) mass is 313 g/mol. The van der Waals surface area contributed by atoms with Crippen LogP contribution in [0, 0.1) is 5.92 Å². The number of carbonyl (C=O) groups is 1. The maximum atomic E-state index is 12.6. The van der Waals surface area contributed by atoms with Gasteiger partial charge in [0.15, 0.2) is 22.0 Å². The quantitative estimate of drug-likeness (QED) is 0.827. The highest BCUT2D eigenvalue weighted by molar-refractivity contribution is 7.91. The minimum atomic E-state index is -2.92. The van der Waals surface area contributed by atoms with Crippen LogP contribution in [0.5, 0.6) is 0 Å². The molecule has 3 rings (SSSR count). The zero-order valence-corrected chi connectivity index (χ0v) is 12.7. The van der Waals surface area contributed by atoms with Crippen molar-refractivity contribution in [3.05, 3.63) is 17.8 Å². The van der Waals surface area contributed by atoms with Gasteiger partial charge in [0, 0.05) is 19.5 Å². The number of amides is 1. The molecule has 2 aliphatic rings. The highest BCUT2D eigenvalue weighted by Gasteiger charge is 2.36. The number of fused-ring (bicyclic) bond motifs is 1. The number of hydrogen-bond acceptors (Lipinski definition) is 6. The van der Waals surface area contributed by atoms with Crippen molar-refractivity contribution in [3.63, 3.8) is 0 Å². The van der Waals surface area contributed by atoms with Gasteiger partial charge in [0.1, 0.15) is 6.04 Å². The number of carbonyl (C=O) groups excluding carboxylic acids is 1. The Morgan fingerprint density at radius 2 is 2.33 bits per heavy atom. The van der Waals surface area contributed by atoms with Gasteiger partial charge in [-0.15, -0.1) is 0 Å². The molecule has 0 bridgehead atoms. The topological polar surface area (TPSA) is 92.5 Å². The van der Waals surface area contributed by atoms with Gasteiger partial charge in [0.05, 0.1) is 17.2 Å². The first kappa shape index (κ1) is 14.5. The molecule has 116 valence electrons. The Kier molecular flexibility index (Phi) is 3.75. The number of aromatic nitrogens is 1. The molecule has 0 aliphatic carbocycles. The van der Waals surface area contributed by atoms with Crippen LogP contribution in [0.15, 0.2) is 10.8 Å². The van der Waals surface area contributed by atoms with Crippen LogP contribution in [-0.2, 0) is 21.1 Å². The second-order valence-corrected chi connectivity index (χ2v) is 7.92. The maximum Gasteiger partial charge on any atom is 0.247 e. The first-order valence-electron chi connectivity index (χ1n) is 7.09. The van der Waals surface area contributed by atoms with Crippen molar-refractivity contribution in [2.75, 3.05) is 31.6 Å². The van der Waals surface area contributed by atoms with Gasteiger partial charge in [-0.3, -0.25) is 4.79 Å². The fourth-order valence-corrected chi connectivity index (χ4v) is 4.96. The second kappa shape index (κ2) is 5.42. The predicted molar refractivity (Wildman–Crippen MR) is 75.3 cm³/mol. The van der Waals surface area contributed by atoms with Crippen LogP contribution in [0.25, 0.3) is 0 Å². The SMILES string of the molecule is CNC1C(=O)N(CC2CCS(=O)(=O)C2)CCc2ncoc21. The van der Waals surface area contributed by atoms with E-state index < -0.39 is 15.9 Å². The summed E-state index contributed by atoms with van der Waals surface area (Å²) in [5.74, 6) is 0.954. The van der Waals surface area contributed by atoms with E-state index in [0.29, 0.717) is 31.7 Å². The molecular weight excluding hydrogens is 294 g/mol. The highest BCUT2D eigenvalue weighted by atomic mass is 32.2. The molecule has 1 saturated heterocycles. The Morgan fingerprint density at radius 1 is 1.52 bits per heavy atom. The van der Waals surface area contributed by atoms with E-state index in [4.69, 9.17) is 4.42 Å². The van der Waals surface area contributed by atoms with E-state index in [0.717, 1.165) is 5.69 Å². The molecule has 1 amide bonds. The van der Waals surface area contributed by atoms with Crippen molar-refractivity contribution in [1.29, 1.82) is 0 Å². The number of rotatable bonds is 3. The molecule has 1 aromatic heterocycles. The Bertz CT molecular complexity index is 640. The van der Waals surface area contributed by atoms with Gasteiger partial charge in [-0.05, 0) is 19.4 Å². The minimum Gasteiger partial charge on any atom is -0.446 e. The molecule has 1 N–H and O–H groups in total. The van der Waals surface area contributed by atoms with Gasteiger partial charge >= 0.3 is 0 Å². The molecule has 0 saturated carbocycles. The summed E-state index contributed by atoms with van der Waals surface area (Å²) in [4.78, 5) is 18.5. The van der Waals surface area contributed by atoms with Crippen molar-refractivity contribution in [2.24, 2.45) is 5.92 Å². The fraction of sp³-hybridized carbons (Fsp3) is 0.692. The highest BCUT2D eigenvalue weighted by Crippen LogP contribution is 2.26. The van der Waals surface area contributed by atoms with Gasteiger partial charge < -0.3 is 14.6 Å². The van der Waals surface area contributed by atoms with Crippen LogP contribution in [-0.4, -0.2) is 55.9 Å². The number of hydrogen-bond donors (Lipinski definition) is 1. The molecule has 0 spiro atoms. The summed E-state index contributed by atoms with van der Waals surface area (Å²) in [6.07, 6.45) is 2.63. The lowest BCUT2D eigenvalue weighted by Gasteiger charge is -2.26. The average Bonchev–Trinajstić information content (AvgIpc) is 2.99. The molecule has 8 heteroatoms. The molecule has 7 nitrogen and oxygen atoms in total. The smallest absolute Gasteiger partial charge is 0.247 e. The summed E-state index contributed by atoms with van der Waals surface area (Å²) in [7, 11) is -1.21. The van der Waals surface area contributed by atoms with Crippen LogP contribution >= 0.6 is 0 Å². The Hall–Kier alpha value is -1.41. The van der Waals surface area contributed by atoms with Crippen molar-refractivity contribution in [3.8, 4) is 0 Å². The van der Waals surface area contributed by atoms with Crippen molar-refractivity contribution >= 4 is 15.7 Å². The van der Waals surface area contributed by atoms with Crippen molar-refractivity contribution < 1.29 is 17.6 Å². The number of sulfone groups is 1. The lowest BCUT2D eigenvalue weighted by molar-refractivity contribution is -0.134. The molecule has 2 atom stereocenters. The average molecular weight is 313 g/mol. The lowest BCUT2D eigenvalue weighted by Crippen LogP contribution is -2.41. The zero-order chi connectivity index (χ0) is 15.0. The molecule has 2 aliphatic heterocycles. The summed E-state index contributed by atoms with van der Waals surface area (Å²) in [5, 5.41) is 2.96. The number of likely N-dealkylation sites (N-methyl/N-ethyl adjacent to an activating group) is 1. The summed E-state index contributed by atoms with van der Waals surface area (Å²) in [6.45, 7) is 1.04. The normalized spacial score (nSPS) is 28.4. The van der Waals surface area contributed by atoms with E-state index in [1.807, 2.05) is 0 Å². The third-order valence-corrected chi connectivity index (χ3v) is 6.04. The maximum absolute atomic E-state index is 12.6. The Labute approximate surface area is 123 Å². The summed E-state index contributed by atoms with van der Waals surface area (Å²) >= 11 is 0. The van der Waals surface area contributed by atoms with Crippen molar-refractivity contribution in [2.45, 2.75) is 18.9 Å². The van der Waals surface area contributed by atoms with E-state index in [1.54, 1.807) is 11.9 Å². The van der Waals surface area contributed by atoms with Gasteiger partial charge in [-0.1, -0.05) is 0 Å². The van der Waals surface area contributed by atoms with E-state index in [9.17, 15) is 13.2 Å². The van der Waals surface area contributed by atoms with E-state index in [1.165, 1.54) is 6.39 Å². The van der Waals surface area contributed by atoms with Crippen LogP contribution in [0.4, 0.5) is 0 Å². The number of nitrogens with zero attached hydrogens (tertiary/aromatic N) is 2. The van der Waals surface area contributed by atoms with Crippen LogP contribution in [0.3, 0.4) is 0 Å². The van der Waals surface area contributed by atoms with E-state index in [-0.39, 0.29) is 23.3 Å². The largest absolute Gasteiger partial charge is 0.446 e. The van der Waals surface area contributed by atoms with Crippen LogP contribution in [0.1, 0.15) is 23.9 Å². The molecule has 0 radical (unpaired) electrons. The molecule has 2 unspecified atom stereocenters. The molecule has 3 heterocycles. The summed E-state index contributed by atoms with van der Waals surface area (Å²) in [5.41, 5.74) is 0.796. The first-order valence-corrected chi connectivity index (χ1v) is 8.91. The standard InChI is InChI=1S/C13H19N3O4S/c1-14-11-12-10(15-8-20-12)2-4-16(13(11)17)6-9-3-5-21(18,19)7-9/h8-9,11,14H,2-7H2,1H3. The Morgan fingerprint density at radius 3 is 3.00 bits per heavy atom. The third kappa shape index (κ3) is 2.82. The predicted octanol–water partition coefficient (Wildman–Crippen LogP) is -0.245. The Balaban J connectivity index is 1.76. The molecular formula is C13H19N3O4S. The second-order valence-electron chi connectivity index (χ2n) is 5.69. The molecule has 1 aromatic rings. The molecule has 0 aromatic carbocycles. The van der Waals surface area contributed by atoms with E-state index >= 15 is 0 Å². The summed E-state index contributed by atoms with van der Waals surface area (Å²) in [6, 6.07) is -0.539. The zero-order valence-electron chi connectivity index (χ0n) is 11.9. The fourth-order valence-electron chi connectivity index (χ4n) is 3.11. The summed E-state index contributed by atoms with van der Waals surface area (Å²) < 4.78 is 28.4. The van der Waals surface area contributed by atoms with Crippen LogP contribution in [0.2, 0.25) is 0 Å². The third-order valence-electron chi connectivity index (χ3n) is 4.21. The first-order chi connectivity index (χ1) is 10.00. The van der Waals surface area contributed by atoms with Gasteiger partial charge in [-0.2, -0.15) is 0 Å². The lowest BCUT2D eigenvalue weighted by atomic mass is 10.1. The van der Waals surface area contributed by atoms with Crippen molar-refractivity contribution in [1.82, 2.24) is 15.2 Å². The molecule has 1 fully saturated rings. The van der Waals surface area contributed by atoms with Gasteiger partial charge in [0.25, 0.3) is 0 Å². The van der Waals surface area contributed by atoms with Gasteiger partial charge in [0.2, 0.25) is 5.91 Å². The minimum absolute atomic E-state index is 0.0359. The number of nitrogens with one attached hydrogen (secondary N) is 1. The molecule has 21 heavy (non-hydrogen) atoms. The number of oxazole rings is 1. The van der Waals surface area contributed by atoms with Gasteiger partial charge in [-0.25, -0.2) is 13.4 Å².